The number of carbonyl (C=O) groups excluding carboxylic acids is 1. The Bertz CT molecular complexity index is 1870. The van der Waals surface area contributed by atoms with Crippen LogP contribution in [0.5, 0.6) is 5.75 Å². The number of benzene rings is 1. The Morgan fingerprint density at radius 1 is 1.09 bits per heavy atom. The highest BCUT2D eigenvalue weighted by atomic mass is 19.1. The number of nitrogens with zero attached hydrogens (tertiary/aromatic N) is 5. The Kier molecular flexibility index (Phi) is 7.76. The van der Waals surface area contributed by atoms with Crippen molar-refractivity contribution >= 4 is 17.1 Å². The third-order valence-corrected chi connectivity index (χ3v) is 8.14. The zero-order valence-electron chi connectivity index (χ0n) is 24.6. The van der Waals surface area contributed by atoms with Crippen LogP contribution in [-0.4, -0.2) is 47.1 Å². The number of aromatic hydroxyl groups is 1. The first-order chi connectivity index (χ1) is 20.4. The van der Waals surface area contributed by atoms with E-state index in [4.69, 9.17) is 0 Å². The van der Waals surface area contributed by atoms with Crippen LogP contribution in [0, 0.1) is 18.6 Å². The molecule has 1 N–H and O–H groups in total. The standard InChI is InChI=1S/C32H33F2N5O4/c1-7-25(41)37-18(5)13-20(14-19(37)6)38-23-15-22(34)28(26-21(33)9-8-10-24(26)40)36-30(23)39(32(43)31(38)42)29-17(4)11-12-35-27(29)16(2)3/h7-12,15-16,18-20,40H,1,13-14H2,2-6H3/t18-,19+,20?. The molecule has 224 valence electrons. The molecule has 3 atom stereocenters. The van der Waals surface area contributed by atoms with Crippen molar-refractivity contribution in [2.24, 2.45) is 0 Å². The van der Waals surface area contributed by atoms with Crippen molar-refractivity contribution in [3.8, 4) is 22.7 Å². The van der Waals surface area contributed by atoms with Gasteiger partial charge in [0, 0.05) is 30.4 Å². The van der Waals surface area contributed by atoms with Crippen LogP contribution in [0.15, 0.2) is 58.8 Å². The Balaban J connectivity index is 1.89. The number of fused-ring (bicyclic) bond motifs is 1. The summed E-state index contributed by atoms with van der Waals surface area (Å²) < 4.78 is 33.2. The molecule has 1 aromatic carbocycles. The number of aryl methyl sites for hydroxylation is 1. The van der Waals surface area contributed by atoms with Gasteiger partial charge in [-0.3, -0.25) is 28.5 Å². The van der Waals surface area contributed by atoms with Crippen molar-refractivity contribution in [3.05, 3.63) is 92.8 Å². The normalized spacial score (nSPS) is 18.8. The summed E-state index contributed by atoms with van der Waals surface area (Å²) in [4.78, 5) is 51.2. The monoisotopic (exact) mass is 589 g/mol. The Morgan fingerprint density at radius 3 is 2.37 bits per heavy atom. The topological polar surface area (TPSA) is 110 Å². The van der Waals surface area contributed by atoms with Gasteiger partial charge < -0.3 is 10.0 Å². The summed E-state index contributed by atoms with van der Waals surface area (Å²) >= 11 is 0. The van der Waals surface area contributed by atoms with Crippen LogP contribution >= 0.6 is 0 Å². The molecule has 9 nitrogen and oxygen atoms in total. The zero-order valence-corrected chi connectivity index (χ0v) is 24.6. The maximum Gasteiger partial charge on any atom is 0.322 e. The number of rotatable bonds is 5. The molecule has 1 saturated heterocycles. The average molecular weight is 590 g/mol. The molecular weight excluding hydrogens is 556 g/mol. The summed E-state index contributed by atoms with van der Waals surface area (Å²) in [6.45, 7) is 12.8. The van der Waals surface area contributed by atoms with Gasteiger partial charge in [-0.05, 0) is 69.4 Å². The fraction of sp³-hybridized carbons (Fsp3) is 0.344. The lowest BCUT2D eigenvalue weighted by Crippen LogP contribution is -2.52. The fourth-order valence-corrected chi connectivity index (χ4v) is 6.29. The summed E-state index contributed by atoms with van der Waals surface area (Å²) in [6, 6.07) is 5.09. The first kappa shape index (κ1) is 29.8. The van der Waals surface area contributed by atoms with Gasteiger partial charge in [-0.2, -0.15) is 0 Å². The Hall–Kier alpha value is -4.67. The third kappa shape index (κ3) is 4.92. The zero-order chi connectivity index (χ0) is 31.3. The molecule has 1 amide bonds. The van der Waals surface area contributed by atoms with Crippen molar-refractivity contribution < 1.29 is 18.7 Å². The quantitative estimate of drug-likeness (QED) is 0.255. The van der Waals surface area contributed by atoms with Gasteiger partial charge in [-0.15, -0.1) is 0 Å². The van der Waals surface area contributed by atoms with Gasteiger partial charge in [0.1, 0.15) is 17.3 Å². The number of carbonyl (C=O) groups is 1. The maximum atomic E-state index is 15.9. The van der Waals surface area contributed by atoms with Crippen molar-refractivity contribution in [1.82, 2.24) is 24.0 Å². The first-order valence-corrected chi connectivity index (χ1v) is 14.1. The number of hydrogen-bond donors (Lipinski definition) is 1. The number of likely N-dealkylation sites (tertiary alicyclic amines) is 1. The number of halogens is 2. The van der Waals surface area contributed by atoms with Gasteiger partial charge in [-0.1, -0.05) is 26.5 Å². The van der Waals surface area contributed by atoms with Crippen LogP contribution in [0.2, 0.25) is 0 Å². The predicted octanol–water partition coefficient (Wildman–Crippen LogP) is 5.15. The highest BCUT2D eigenvalue weighted by Gasteiger charge is 2.36. The minimum absolute atomic E-state index is 0.0209. The van der Waals surface area contributed by atoms with Crippen LogP contribution < -0.4 is 11.1 Å². The Labute approximate surface area is 246 Å². The lowest BCUT2D eigenvalue weighted by atomic mass is 9.92. The van der Waals surface area contributed by atoms with Gasteiger partial charge in [0.05, 0.1) is 22.5 Å². The second kappa shape index (κ2) is 11.2. The molecule has 0 saturated carbocycles. The lowest BCUT2D eigenvalue weighted by molar-refractivity contribution is -0.132. The van der Waals surface area contributed by atoms with E-state index in [0.717, 1.165) is 16.7 Å². The van der Waals surface area contributed by atoms with E-state index in [1.165, 1.54) is 22.8 Å². The van der Waals surface area contributed by atoms with Crippen LogP contribution in [-0.2, 0) is 4.79 Å². The SMILES string of the molecule is C=CC(=O)N1[C@H](C)CC(n2c(=O)c(=O)n(-c3c(C)ccnc3C(C)C)c3nc(-c4c(O)cccc4F)c(F)cc32)C[C@@H]1C. The molecular formula is C32H33F2N5O4. The van der Waals surface area contributed by atoms with E-state index < -0.39 is 45.8 Å². The van der Waals surface area contributed by atoms with Crippen LogP contribution in [0.25, 0.3) is 28.1 Å². The summed E-state index contributed by atoms with van der Waals surface area (Å²) in [5, 5.41) is 10.5. The number of aromatic nitrogens is 4. The predicted molar refractivity (Wildman–Crippen MR) is 159 cm³/mol. The average Bonchev–Trinajstić information content (AvgIpc) is 2.94. The smallest absolute Gasteiger partial charge is 0.322 e. The molecule has 1 aliphatic rings. The first-order valence-electron chi connectivity index (χ1n) is 14.1. The molecule has 0 spiro atoms. The maximum absolute atomic E-state index is 15.9. The largest absolute Gasteiger partial charge is 0.507 e. The summed E-state index contributed by atoms with van der Waals surface area (Å²) in [5.74, 6) is -2.84. The van der Waals surface area contributed by atoms with E-state index in [1.54, 1.807) is 24.1 Å². The highest BCUT2D eigenvalue weighted by molar-refractivity contribution is 5.87. The van der Waals surface area contributed by atoms with E-state index in [1.807, 2.05) is 27.7 Å². The number of phenolic OH excluding ortho intramolecular Hbond substituents is 1. The summed E-state index contributed by atoms with van der Waals surface area (Å²) in [5.41, 5.74) is -1.41. The number of pyridine rings is 2. The number of hydrogen-bond acceptors (Lipinski definition) is 6. The van der Waals surface area contributed by atoms with Crippen LogP contribution in [0.1, 0.15) is 63.8 Å². The molecule has 4 heterocycles. The van der Waals surface area contributed by atoms with Crippen molar-refractivity contribution in [2.45, 2.75) is 71.5 Å². The van der Waals surface area contributed by atoms with Gasteiger partial charge in [0.2, 0.25) is 5.91 Å². The van der Waals surface area contributed by atoms with Gasteiger partial charge in [0.25, 0.3) is 0 Å². The van der Waals surface area contributed by atoms with E-state index in [0.29, 0.717) is 29.8 Å². The number of piperidine rings is 1. The van der Waals surface area contributed by atoms with Gasteiger partial charge in [-0.25, -0.2) is 13.8 Å². The molecule has 0 radical (unpaired) electrons. The minimum Gasteiger partial charge on any atom is -0.507 e. The molecule has 11 heteroatoms. The summed E-state index contributed by atoms with van der Waals surface area (Å²) in [6.07, 6.45) is 3.45. The third-order valence-electron chi connectivity index (χ3n) is 8.14. The molecule has 0 bridgehead atoms. The summed E-state index contributed by atoms with van der Waals surface area (Å²) in [7, 11) is 0. The van der Waals surface area contributed by atoms with E-state index >= 15 is 4.39 Å². The van der Waals surface area contributed by atoms with Crippen molar-refractivity contribution in [1.29, 1.82) is 0 Å². The molecule has 3 aromatic heterocycles. The van der Waals surface area contributed by atoms with Gasteiger partial charge in [0.15, 0.2) is 11.5 Å². The van der Waals surface area contributed by atoms with Crippen molar-refractivity contribution in [3.63, 3.8) is 0 Å². The van der Waals surface area contributed by atoms with Crippen LogP contribution in [0.4, 0.5) is 8.78 Å². The molecule has 43 heavy (non-hydrogen) atoms. The van der Waals surface area contributed by atoms with Gasteiger partial charge >= 0.3 is 11.1 Å². The Morgan fingerprint density at radius 2 is 1.77 bits per heavy atom. The van der Waals surface area contributed by atoms with E-state index in [9.17, 15) is 23.9 Å². The van der Waals surface area contributed by atoms with E-state index in [-0.39, 0.29) is 35.1 Å². The van der Waals surface area contributed by atoms with Crippen LogP contribution in [0.3, 0.4) is 0 Å². The molecule has 1 unspecified atom stereocenters. The highest BCUT2D eigenvalue weighted by Crippen LogP contribution is 2.37. The molecule has 5 rings (SSSR count). The second-order valence-electron chi connectivity index (χ2n) is 11.4. The second-order valence-corrected chi connectivity index (χ2v) is 11.4. The number of phenols is 1. The lowest BCUT2D eigenvalue weighted by Gasteiger charge is -2.43. The minimum atomic E-state index is -0.987. The fourth-order valence-electron chi connectivity index (χ4n) is 6.29. The van der Waals surface area contributed by atoms with Crippen molar-refractivity contribution in [2.75, 3.05) is 0 Å². The molecule has 1 aliphatic heterocycles. The molecule has 0 aliphatic carbocycles. The molecule has 1 fully saturated rings. The number of amides is 1. The molecule has 4 aromatic rings. The van der Waals surface area contributed by atoms with E-state index in [2.05, 4.69) is 16.5 Å².